The molecular weight excluding hydrogens is 628 g/mol. The summed E-state index contributed by atoms with van der Waals surface area (Å²) < 4.78 is 52.0. The Balaban J connectivity index is 1.47. The number of phenols is 1. The van der Waals surface area contributed by atoms with Crippen LogP contribution in [0.1, 0.15) is 48.8 Å². The molecule has 0 amide bonds. The molecule has 0 unspecified atom stereocenters. The van der Waals surface area contributed by atoms with E-state index in [1.54, 1.807) is 30.3 Å². The van der Waals surface area contributed by atoms with E-state index in [2.05, 4.69) is 0 Å². The van der Waals surface area contributed by atoms with Crippen LogP contribution in [0, 0.1) is 11.8 Å². The number of benzene rings is 3. The summed E-state index contributed by atoms with van der Waals surface area (Å²) in [6, 6.07) is 13.3. The lowest BCUT2D eigenvalue weighted by Crippen LogP contribution is -2.32. The number of carbonyl (C=O) groups excluding carboxylic acids is 2. The summed E-state index contributed by atoms with van der Waals surface area (Å²) in [5.74, 6) is 0.433. The van der Waals surface area contributed by atoms with Gasteiger partial charge in [0.05, 0.1) is 60.5 Å². The normalized spacial score (nSPS) is 21.1. The van der Waals surface area contributed by atoms with Gasteiger partial charge in [-0.25, -0.2) is 0 Å². The summed E-state index contributed by atoms with van der Waals surface area (Å²) in [7, 11) is 5.85. The monoisotopic (exact) mass is 668 g/mol. The van der Waals surface area contributed by atoms with Gasteiger partial charge in [0.2, 0.25) is 5.75 Å². The highest BCUT2D eigenvalue weighted by atomic mass is 16.6. The molecule has 13 nitrogen and oxygen atoms in total. The first kappa shape index (κ1) is 34.6. The van der Waals surface area contributed by atoms with Crippen molar-refractivity contribution in [1.82, 2.24) is 0 Å². The Kier molecular flexibility index (Phi) is 10.8. The molecule has 2 aliphatic rings. The Morgan fingerprint density at radius 2 is 1.38 bits per heavy atom. The van der Waals surface area contributed by atoms with Crippen molar-refractivity contribution in [2.45, 2.75) is 38.3 Å². The van der Waals surface area contributed by atoms with Crippen LogP contribution in [-0.2, 0) is 23.8 Å². The van der Waals surface area contributed by atoms with Gasteiger partial charge in [-0.3, -0.25) is 9.59 Å². The summed E-state index contributed by atoms with van der Waals surface area (Å²) >= 11 is 0. The molecule has 0 aromatic heterocycles. The lowest BCUT2D eigenvalue weighted by molar-refractivity contribution is -0.153. The zero-order valence-corrected chi connectivity index (χ0v) is 27.6. The first-order valence-electron chi connectivity index (χ1n) is 15.3. The van der Waals surface area contributed by atoms with Crippen LogP contribution in [0.3, 0.4) is 0 Å². The van der Waals surface area contributed by atoms with Gasteiger partial charge in [0.1, 0.15) is 0 Å². The quantitative estimate of drug-likeness (QED) is 0.194. The number of ether oxygens (including phenoxy) is 9. The number of methoxy groups -OCH3 is 4. The molecule has 0 bridgehead atoms. The van der Waals surface area contributed by atoms with E-state index >= 15 is 0 Å². The zero-order chi connectivity index (χ0) is 34.5. The van der Waals surface area contributed by atoms with Crippen molar-refractivity contribution < 1.29 is 62.4 Å². The number of carbonyl (C=O) groups is 2. The van der Waals surface area contributed by atoms with Gasteiger partial charge in [0, 0.05) is 31.2 Å². The minimum Gasteiger partial charge on any atom is -0.504 e. The smallest absolute Gasteiger partial charge is 0.308 e. The summed E-state index contributed by atoms with van der Waals surface area (Å²) in [6.07, 6.45) is -2.96. The van der Waals surface area contributed by atoms with Crippen molar-refractivity contribution >= 4 is 11.9 Å². The van der Waals surface area contributed by atoms with Gasteiger partial charge in [-0.1, -0.05) is 12.1 Å². The number of rotatable bonds is 13. The summed E-state index contributed by atoms with van der Waals surface area (Å²) in [4.78, 5) is 23.8. The van der Waals surface area contributed by atoms with E-state index in [1.165, 1.54) is 54.4 Å². The molecule has 0 saturated carbocycles. The number of aliphatic hydroxyl groups is 1. The van der Waals surface area contributed by atoms with Gasteiger partial charge in [0.15, 0.2) is 46.7 Å². The van der Waals surface area contributed by atoms with Crippen LogP contribution in [0.15, 0.2) is 48.5 Å². The predicted octanol–water partition coefficient (Wildman–Crippen LogP) is 4.47. The van der Waals surface area contributed by atoms with Crippen molar-refractivity contribution in [3.8, 4) is 40.2 Å². The van der Waals surface area contributed by atoms with Gasteiger partial charge in [0.25, 0.3) is 0 Å². The lowest BCUT2D eigenvalue weighted by atomic mass is 9.85. The number of hydrogen-bond donors (Lipinski definition) is 2. The highest BCUT2D eigenvalue weighted by molar-refractivity contribution is 5.70. The fourth-order valence-corrected chi connectivity index (χ4v) is 6.26. The van der Waals surface area contributed by atoms with Crippen molar-refractivity contribution in [1.29, 1.82) is 0 Å². The molecule has 5 rings (SSSR count). The fraction of sp³-hybridized carbons (Fsp3) is 0.429. The molecule has 13 heteroatoms. The third-order valence-corrected chi connectivity index (χ3v) is 8.43. The van der Waals surface area contributed by atoms with Crippen LogP contribution in [0.5, 0.6) is 40.2 Å². The van der Waals surface area contributed by atoms with Gasteiger partial charge in [-0.2, -0.15) is 0 Å². The number of hydrogen-bond acceptors (Lipinski definition) is 13. The topological polar surface area (TPSA) is 158 Å². The van der Waals surface area contributed by atoms with Gasteiger partial charge >= 0.3 is 11.9 Å². The number of aromatic hydroxyl groups is 1. The van der Waals surface area contributed by atoms with Crippen molar-refractivity contribution in [3.63, 3.8) is 0 Å². The second-order valence-corrected chi connectivity index (χ2v) is 11.4. The highest BCUT2D eigenvalue weighted by Gasteiger charge is 2.49. The van der Waals surface area contributed by atoms with Crippen LogP contribution in [0.4, 0.5) is 0 Å². The Morgan fingerprint density at radius 3 is 1.94 bits per heavy atom. The molecule has 0 aliphatic carbocycles. The second-order valence-electron chi connectivity index (χ2n) is 11.4. The number of aliphatic hydroxyl groups excluding tert-OH is 1. The summed E-state index contributed by atoms with van der Waals surface area (Å²) in [5.41, 5.74) is 2.02. The number of fused-ring (bicyclic) bond motifs is 1. The van der Waals surface area contributed by atoms with Crippen LogP contribution in [-0.4, -0.2) is 76.5 Å². The van der Waals surface area contributed by atoms with E-state index in [4.69, 9.17) is 42.6 Å². The first-order chi connectivity index (χ1) is 23.1. The molecule has 2 fully saturated rings. The van der Waals surface area contributed by atoms with Crippen LogP contribution in [0.25, 0.3) is 0 Å². The van der Waals surface area contributed by atoms with Crippen molar-refractivity contribution in [2.24, 2.45) is 11.8 Å². The molecule has 3 aromatic rings. The van der Waals surface area contributed by atoms with Crippen LogP contribution >= 0.6 is 0 Å². The molecule has 3 aromatic carbocycles. The van der Waals surface area contributed by atoms with E-state index in [0.717, 1.165) is 11.1 Å². The first-order valence-corrected chi connectivity index (χ1v) is 15.3. The van der Waals surface area contributed by atoms with Crippen molar-refractivity contribution in [2.75, 3.05) is 48.3 Å². The van der Waals surface area contributed by atoms with Crippen LogP contribution in [0.2, 0.25) is 0 Å². The average molecular weight is 669 g/mol. The van der Waals surface area contributed by atoms with Gasteiger partial charge in [-0.05, 0) is 47.5 Å². The Hall–Kier alpha value is -4.72. The maximum absolute atomic E-state index is 12.2. The molecule has 2 saturated heterocycles. The molecular formula is C35H40O13. The van der Waals surface area contributed by atoms with E-state index in [0.29, 0.717) is 36.0 Å². The fourth-order valence-electron chi connectivity index (χ4n) is 6.26. The largest absolute Gasteiger partial charge is 0.504 e. The maximum Gasteiger partial charge on any atom is 0.308 e. The van der Waals surface area contributed by atoms with Gasteiger partial charge < -0.3 is 52.8 Å². The predicted molar refractivity (Wildman–Crippen MR) is 169 cm³/mol. The molecule has 258 valence electrons. The summed E-state index contributed by atoms with van der Waals surface area (Å²) in [6.45, 7) is 2.93. The van der Waals surface area contributed by atoms with E-state index in [1.807, 2.05) is 6.07 Å². The average Bonchev–Trinajstić information content (AvgIpc) is 3.70. The summed E-state index contributed by atoms with van der Waals surface area (Å²) in [5, 5.41) is 20.7. The number of esters is 2. The molecule has 0 spiro atoms. The molecule has 48 heavy (non-hydrogen) atoms. The molecule has 2 heterocycles. The Bertz CT molecular complexity index is 1600. The van der Waals surface area contributed by atoms with E-state index in [-0.39, 0.29) is 40.9 Å². The minimum absolute atomic E-state index is 0.0134. The SMILES string of the molecule is COc1cc([C@H]2O[C@@H](c3cc(OC)c(O[C@H](CO)[C@@H](OC(C)=O)c4ccc(OC(C)=O)c(OC)c4)c(OC)c3)[C@@H]3COC[C@@H]32)ccc1O. The minimum atomic E-state index is -1.13. The van der Waals surface area contributed by atoms with E-state index in [9.17, 15) is 19.8 Å². The van der Waals surface area contributed by atoms with Crippen LogP contribution < -0.4 is 28.4 Å². The third-order valence-electron chi connectivity index (χ3n) is 8.43. The van der Waals surface area contributed by atoms with Gasteiger partial charge in [-0.15, -0.1) is 0 Å². The Labute approximate surface area is 278 Å². The Morgan fingerprint density at radius 1 is 0.771 bits per heavy atom. The standard InChI is InChI=1S/C35H40O13/c1-18(37)45-26-10-8-21(12-28(26)41-4)34(46-19(2)38)31(15-36)47-35-29(42-5)13-22(14-30(35)43-6)33-24-17-44-16-23(24)32(48-33)20-7-9-25(39)27(11-20)40-3/h7-14,23-24,31-34,36,39H,15-17H2,1-6H3/t23-,24+,31+,32+,33-,34-/m0/s1. The molecule has 6 atom stereocenters. The zero-order valence-electron chi connectivity index (χ0n) is 27.6. The lowest BCUT2D eigenvalue weighted by Gasteiger charge is -2.28. The van der Waals surface area contributed by atoms with E-state index < -0.39 is 36.9 Å². The van der Waals surface area contributed by atoms with Crippen molar-refractivity contribution in [3.05, 3.63) is 65.2 Å². The highest BCUT2D eigenvalue weighted by Crippen LogP contribution is 2.54. The second kappa shape index (κ2) is 15.0. The molecule has 0 radical (unpaired) electrons. The number of phenolic OH excluding ortho intramolecular Hbond substituents is 1. The third kappa shape index (κ3) is 7.08. The molecule has 2 N–H and O–H groups in total. The maximum atomic E-state index is 12.2. The molecule has 2 aliphatic heterocycles.